The molecule has 1 fully saturated rings. The van der Waals surface area contributed by atoms with Crippen molar-refractivity contribution in [1.29, 1.82) is 0 Å². The Labute approximate surface area is 85.6 Å². The molecule has 5 heteroatoms. The van der Waals surface area contributed by atoms with Crippen molar-refractivity contribution in [2.45, 2.75) is 19.5 Å². The van der Waals surface area contributed by atoms with Crippen molar-refractivity contribution in [2.24, 2.45) is 0 Å². The molecule has 5 nitrogen and oxygen atoms in total. The van der Waals surface area contributed by atoms with E-state index in [-0.39, 0.29) is 6.29 Å². The van der Waals surface area contributed by atoms with E-state index in [1.54, 1.807) is 24.6 Å². The fourth-order valence-corrected chi connectivity index (χ4v) is 1.40. The van der Waals surface area contributed by atoms with Crippen LogP contribution >= 0.6 is 0 Å². The zero-order chi connectivity index (χ0) is 10.3. The Morgan fingerprint density at radius 1 is 1.27 bits per heavy atom. The van der Waals surface area contributed by atoms with Crippen LogP contribution in [0.2, 0.25) is 0 Å². The van der Waals surface area contributed by atoms with E-state index in [4.69, 9.17) is 18.3 Å². The molecule has 3 heterocycles. The van der Waals surface area contributed by atoms with Crippen LogP contribution < -0.4 is 0 Å². The van der Waals surface area contributed by atoms with Crippen molar-refractivity contribution in [3.05, 3.63) is 30.5 Å². The van der Waals surface area contributed by atoms with Crippen LogP contribution in [0.4, 0.5) is 0 Å². The highest BCUT2D eigenvalue weighted by molar-refractivity contribution is 5.47. The number of rotatable bonds is 2. The molecule has 0 spiro atoms. The number of aromatic nitrogens is 1. The lowest BCUT2D eigenvalue weighted by Gasteiger charge is -2.30. The van der Waals surface area contributed by atoms with Gasteiger partial charge in [-0.2, -0.15) is 0 Å². The summed E-state index contributed by atoms with van der Waals surface area (Å²) in [4.78, 5) is 4.05. The molecule has 0 unspecified atom stereocenters. The molecule has 0 saturated carbocycles. The summed E-state index contributed by atoms with van der Waals surface area (Å²) in [5.41, 5.74) is 0. The Kier molecular flexibility index (Phi) is 1.87. The topological polar surface area (TPSA) is 57.6 Å². The van der Waals surface area contributed by atoms with E-state index in [2.05, 4.69) is 4.98 Å². The van der Waals surface area contributed by atoms with Crippen molar-refractivity contribution >= 4 is 0 Å². The first-order valence-corrected chi connectivity index (χ1v) is 4.63. The van der Waals surface area contributed by atoms with Crippen molar-refractivity contribution in [3.8, 4) is 11.5 Å². The minimum Gasteiger partial charge on any atom is -0.461 e. The number of nitrogens with zero attached hydrogens (tertiary/aromatic N) is 1. The molecule has 0 N–H and O–H groups in total. The molecular weight excluding hydrogens is 198 g/mol. The number of furan rings is 1. The van der Waals surface area contributed by atoms with Crippen molar-refractivity contribution in [1.82, 2.24) is 4.98 Å². The predicted molar refractivity (Wildman–Crippen MR) is 48.6 cm³/mol. The second-order valence-corrected chi connectivity index (χ2v) is 3.21. The minimum atomic E-state index is -0.483. The second-order valence-electron chi connectivity index (χ2n) is 3.21. The van der Waals surface area contributed by atoms with Gasteiger partial charge in [-0.15, -0.1) is 0 Å². The first-order valence-electron chi connectivity index (χ1n) is 4.63. The molecule has 0 atom stereocenters. The van der Waals surface area contributed by atoms with Crippen LogP contribution in [-0.4, -0.2) is 11.3 Å². The van der Waals surface area contributed by atoms with E-state index >= 15 is 0 Å². The van der Waals surface area contributed by atoms with E-state index in [0.717, 1.165) is 0 Å². The quantitative estimate of drug-likeness (QED) is 0.756. The summed E-state index contributed by atoms with van der Waals surface area (Å²) in [6, 6.07) is 3.59. The highest BCUT2D eigenvalue weighted by Crippen LogP contribution is 2.32. The van der Waals surface area contributed by atoms with Crippen molar-refractivity contribution in [3.63, 3.8) is 0 Å². The van der Waals surface area contributed by atoms with E-state index in [1.165, 1.54) is 0 Å². The van der Waals surface area contributed by atoms with Crippen LogP contribution in [0.25, 0.3) is 11.5 Å². The molecule has 1 aliphatic heterocycles. The summed E-state index contributed by atoms with van der Waals surface area (Å²) >= 11 is 0. The minimum absolute atomic E-state index is 0.186. The maximum Gasteiger partial charge on any atom is 0.252 e. The molecule has 0 aromatic carbocycles. The Bertz CT molecular complexity index is 442. The lowest BCUT2D eigenvalue weighted by molar-refractivity contribution is -0.389. The summed E-state index contributed by atoms with van der Waals surface area (Å²) in [6.45, 7) is 1.81. The molecule has 1 saturated heterocycles. The number of hydrogen-bond acceptors (Lipinski definition) is 5. The summed E-state index contributed by atoms with van der Waals surface area (Å²) in [5.74, 6) is 1.63. The SMILES string of the molecule is CC1OC(c2ncc(-c3ccco3)o2)O1. The van der Waals surface area contributed by atoms with Gasteiger partial charge in [0.1, 0.15) is 0 Å². The fourth-order valence-electron chi connectivity index (χ4n) is 1.40. The van der Waals surface area contributed by atoms with Crippen LogP contribution in [0, 0.1) is 0 Å². The predicted octanol–water partition coefficient (Wildman–Crippen LogP) is 2.33. The van der Waals surface area contributed by atoms with Gasteiger partial charge < -0.3 is 18.3 Å². The summed E-state index contributed by atoms with van der Waals surface area (Å²) in [7, 11) is 0. The van der Waals surface area contributed by atoms with Crippen LogP contribution in [0.1, 0.15) is 19.1 Å². The largest absolute Gasteiger partial charge is 0.461 e. The van der Waals surface area contributed by atoms with Gasteiger partial charge in [0.15, 0.2) is 17.8 Å². The first-order chi connectivity index (χ1) is 7.33. The van der Waals surface area contributed by atoms with Crippen molar-refractivity contribution < 1.29 is 18.3 Å². The maximum atomic E-state index is 5.43. The van der Waals surface area contributed by atoms with Gasteiger partial charge >= 0.3 is 0 Å². The van der Waals surface area contributed by atoms with Gasteiger partial charge in [-0.3, -0.25) is 0 Å². The Morgan fingerprint density at radius 3 is 2.80 bits per heavy atom. The molecular formula is C10H9NO4. The van der Waals surface area contributed by atoms with Crippen LogP contribution in [0.5, 0.6) is 0 Å². The van der Waals surface area contributed by atoms with Gasteiger partial charge in [-0.05, 0) is 19.1 Å². The van der Waals surface area contributed by atoms with Gasteiger partial charge in [0.2, 0.25) is 6.29 Å². The monoisotopic (exact) mass is 207 g/mol. The molecule has 2 aromatic rings. The zero-order valence-corrected chi connectivity index (χ0v) is 8.04. The zero-order valence-electron chi connectivity index (χ0n) is 8.04. The van der Waals surface area contributed by atoms with Crippen LogP contribution in [-0.2, 0) is 9.47 Å². The van der Waals surface area contributed by atoms with Gasteiger partial charge in [0.05, 0.1) is 12.5 Å². The number of ether oxygens (including phenoxy) is 2. The van der Waals surface area contributed by atoms with E-state index in [0.29, 0.717) is 17.4 Å². The lowest BCUT2D eigenvalue weighted by Crippen LogP contribution is -2.31. The molecule has 1 aliphatic rings. The molecule has 0 amide bonds. The Balaban J connectivity index is 1.82. The van der Waals surface area contributed by atoms with Crippen LogP contribution in [0.3, 0.4) is 0 Å². The smallest absolute Gasteiger partial charge is 0.252 e. The van der Waals surface area contributed by atoms with Gasteiger partial charge in [-0.1, -0.05) is 0 Å². The van der Waals surface area contributed by atoms with Crippen molar-refractivity contribution in [2.75, 3.05) is 0 Å². The average molecular weight is 207 g/mol. The fraction of sp³-hybridized carbons (Fsp3) is 0.300. The normalized spacial score (nSPS) is 25.1. The van der Waals surface area contributed by atoms with E-state index < -0.39 is 6.29 Å². The third-order valence-corrected chi connectivity index (χ3v) is 2.12. The standard InChI is InChI=1S/C10H9NO4/c1-6-13-10(14-6)9-11-5-8(15-9)7-3-2-4-12-7/h2-6,10H,1H3. The molecule has 78 valence electrons. The van der Waals surface area contributed by atoms with E-state index in [9.17, 15) is 0 Å². The van der Waals surface area contributed by atoms with Crippen LogP contribution in [0.15, 0.2) is 33.4 Å². The second kappa shape index (κ2) is 3.22. The first kappa shape index (κ1) is 8.70. The Morgan fingerprint density at radius 2 is 2.13 bits per heavy atom. The van der Waals surface area contributed by atoms with Gasteiger partial charge in [-0.25, -0.2) is 4.98 Å². The van der Waals surface area contributed by atoms with Gasteiger partial charge in [0.25, 0.3) is 5.89 Å². The summed E-state index contributed by atoms with van der Waals surface area (Å²) in [6.07, 6.45) is 2.50. The van der Waals surface area contributed by atoms with E-state index in [1.807, 2.05) is 6.92 Å². The third-order valence-electron chi connectivity index (χ3n) is 2.12. The summed E-state index contributed by atoms with van der Waals surface area (Å²) < 4.78 is 21.1. The third kappa shape index (κ3) is 1.45. The molecule has 15 heavy (non-hydrogen) atoms. The molecule has 2 aromatic heterocycles. The number of oxazole rings is 1. The molecule has 0 aliphatic carbocycles. The Hall–Kier alpha value is -1.59. The maximum absolute atomic E-state index is 5.43. The average Bonchev–Trinajstić information content (AvgIpc) is 2.83. The summed E-state index contributed by atoms with van der Waals surface area (Å²) in [5, 5.41) is 0. The molecule has 0 bridgehead atoms. The molecule has 0 radical (unpaired) electrons. The van der Waals surface area contributed by atoms with Gasteiger partial charge in [0, 0.05) is 0 Å². The highest BCUT2D eigenvalue weighted by Gasteiger charge is 2.32. The highest BCUT2D eigenvalue weighted by atomic mass is 16.9. The number of hydrogen-bond donors (Lipinski definition) is 0. The lowest BCUT2D eigenvalue weighted by atomic mass is 10.4. The molecule has 3 rings (SSSR count).